The molecule has 0 spiro atoms. The molecule has 0 aliphatic heterocycles. The molecule has 22 heavy (non-hydrogen) atoms. The minimum atomic E-state index is -0.665. The van der Waals surface area contributed by atoms with Crippen molar-refractivity contribution < 1.29 is 18.7 Å². The van der Waals surface area contributed by atoms with Crippen molar-refractivity contribution in [2.45, 2.75) is 19.4 Å². The molecular weight excluding hydrogens is 285 g/mol. The normalized spacial score (nSPS) is 11.6. The molecule has 116 valence electrons. The predicted octanol–water partition coefficient (Wildman–Crippen LogP) is 3.63. The first-order chi connectivity index (χ1) is 10.6. The molecule has 2 rings (SSSR count). The number of anilines is 1. The molecule has 1 amide bonds. The first-order valence-corrected chi connectivity index (χ1v) is 7.00. The number of carbonyl (C=O) groups is 1. The van der Waals surface area contributed by atoms with Crippen molar-refractivity contribution in [3.63, 3.8) is 0 Å². The molecule has 0 aliphatic rings. The molecule has 0 saturated heterocycles. The first-order valence-electron chi connectivity index (χ1n) is 7.00. The third kappa shape index (κ3) is 3.97. The van der Waals surface area contributed by atoms with Gasteiger partial charge in [-0.2, -0.15) is 0 Å². The Bertz CT molecular complexity index is 628. The smallest absolute Gasteiger partial charge is 0.265 e. The minimum absolute atomic E-state index is 0.292. The van der Waals surface area contributed by atoms with Crippen LogP contribution in [0, 0.1) is 5.82 Å². The number of hydrogen-bond acceptors (Lipinski definition) is 3. The van der Waals surface area contributed by atoms with E-state index in [2.05, 4.69) is 5.32 Å². The van der Waals surface area contributed by atoms with Crippen molar-refractivity contribution in [1.82, 2.24) is 0 Å². The summed E-state index contributed by atoms with van der Waals surface area (Å²) in [4.78, 5) is 12.3. The molecule has 1 N–H and O–H groups in total. The van der Waals surface area contributed by atoms with Crippen LogP contribution in [0.2, 0.25) is 0 Å². The van der Waals surface area contributed by atoms with E-state index in [9.17, 15) is 9.18 Å². The van der Waals surface area contributed by atoms with Gasteiger partial charge in [-0.15, -0.1) is 0 Å². The Balaban J connectivity index is 2.07. The largest absolute Gasteiger partial charge is 0.493 e. The van der Waals surface area contributed by atoms with Crippen molar-refractivity contribution in [1.29, 1.82) is 0 Å². The van der Waals surface area contributed by atoms with Gasteiger partial charge >= 0.3 is 0 Å². The second-order valence-electron chi connectivity index (χ2n) is 4.66. The Morgan fingerprint density at radius 2 is 1.77 bits per heavy atom. The molecule has 4 nitrogen and oxygen atoms in total. The van der Waals surface area contributed by atoms with Crippen molar-refractivity contribution in [3.8, 4) is 11.5 Å². The van der Waals surface area contributed by atoms with E-state index in [4.69, 9.17) is 9.47 Å². The molecule has 0 saturated carbocycles. The van der Waals surface area contributed by atoms with E-state index < -0.39 is 6.10 Å². The second-order valence-corrected chi connectivity index (χ2v) is 4.66. The lowest BCUT2D eigenvalue weighted by Gasteiger charge is -2.18. The van der Waals surface area contributed by atoms with E-state index in [1.807, 2.05) is 19.1 Å². The Labute approximate surface area is 128 Å². The molecule has 0 aromatic heterocycles. The van der Waals surface area contributed by atoms with Crippen molar-refractivity contribution >= 4 is 11.6 Å². The van der Waals surface area contributed by atoms with E-state index in [1.165, 1.54) is 24.3 Å². The second kappa shape index (κ2) is 7.45. The van der Waals surface area contributed by atoms with Crippen LogP contribution in [0.4, 0.5) is 10.1 Å². The maximum absolute atomic E-state index is 12.9. The zero-order valence-corrected chi connectivity index (χ0v) is 12.5. The van der Waals surface area contributed by atoms with Crippen molar-refractivity contribution in [2.24, 2.45) is 0 Å². The summed E-state index contributed by atoms with van der Waals surface area (Å²) in [5, 5.41) is 2.71. The van der Waals surface area contributed by atoms with E-state index in [1.54, 1.807) is 19.2 Å². The lowest BCUT2D eigenvalue weighted by molar-refractivity contribution is -0.122. The topological polar surface area (TPSA) is 47.6 Å². The van der Waals surface area contributed by atoms with Gasteiger partial charge in [0.05, 0.1) is 7.11 Å². The summed E-state index contributed by atoms with van der Waals surface area (Å²) < 4.78 is 23.8. The Morgan fingerprint density at radius 3 is 2.36 bits per heavy atom. The highest BCUT2D eigenvalue weighted by atomic mass is 19.1. The molecule has 0 heterocycles. The van der Waals surface area contributed by atoms with Crippen LogP contribution in [-0.4, -0.2) is 19.1 Å². The molecule has 0 aliphatic carbocycles. The molecule has 5 heteroatoms. The number of ether oxygens (including phenoxy) is 2. The molecule has 0 fully saturated rings. The number of halogens is 1. The number of nitrogens with one attached hydrogen (secondary N) is 1. The van der Waals surface area contributed by atoms with Crippen LogP contribution in [0.25, 0.3) is 0 Å². The van der Waals surface area contributed by atoms with E-state index in [-0.39, 0.29) is 11.7 Å². The lowest BCUT2D eigenvalue weighted by atomic mass is 10.2. The van der Waals surface area contributed by atoms with Gasteiger partial charge in [-0.25, -0.2) is 4.39 Å². The van der Waals surface area contributed by atoms with Crippen LogP contribution in [0.3, 0.4) is 0 Å². The number of benzene rings is 2. The lowest BCUT2D eigenvalue weighted by Crippen LogP contribution is -2.32. The van der Waals surface area contributed by atoms with Crippen molar-refractivity contribution in [2.75, 3.05) is 12.4 Å². The fourth-order valence-electron chi connectivity index (χ4n) is 1.95. The molecule has 0 radical (unpaired) electrons. The van der Waals surface area contributed by atoms with Crippen molar-refractivity contribution in [3.05, 3.63) is 54.3 Å². The SMILES string of the molecule is CC[C@@H](Oc1ccccc1OC)C(=O)Nc1ccc(F)cc1. The van der Waals surface area contributed by atoms with Crippen LogP contribution in [0.5, 0.6) is 11.5 Å². The number of para-hydroxylation sites is 2. The van der Waals surface area contributed by atoms with E-state index in [0.29, 0.717) is 23.6 Å². The number of rotatable bonds is 6. The quantitative estimate of drug-likeness (QED) is 0.886. The van der Waals surface area contributed by atoms with Crippen LogP contribution < -0.4 is 14.8 Å². The third-order valence-corrected chi connectivity index (χ3v) is 3.11. The first kappa shape index (κ1) is 15.8. The zero-order valence-electron chi connectivity index (χ0n) is 12.5. The number of carbonyl (C=O) groups excluding carboxylic acids is 1. The summed E-state index contributed by atoms with van der Waals surface area (Å²) in [5.74, 6) is 0.428. The van der Waals surface area contributed by atoms with Gasteiger partial charge in [0.1, 0.15) is 5.82 Å². The third-order valence-electron chi connectivity index (χ3n) is 3.11. The molecule has 1 atom stereocenters. The Hall–Kier alpha value is -2.56. The zero-order chi connectivity index (χ0) is 15.9. The number of methoxy groups -OCH3 is 1. The summed E-state index contributed by atoms with van der Waals surface area (Å²) in [6, 6.07) is 12.7. The molecule has 2 aromatic rings. The van der Waals surface area contributed by atoms with Crippen LogP contribution in [0.1, 0.15) is 13.3 Å². The average molecular weight is 303 g/mol. The van der Waals surface area contributed by atoms with Gasteiger partial charge in [-0.1, -0.05) is 19.1 Å². The average Bonchev–Trinajstić information content (AvgIpc) is 2.55. The van der Waals surface area contributed by atoms with Gasteiger partial charge in [-0.3, -0.25) is 4.79 Å². The summed E-state index contributed by atoms with van der Waals surface area (Å²) in [6.45, 7) is 1.85. The standard InChI is InChI=1S/C17H18FNO3/c1-3-14(22-16-7-5-4-6-15(16)21-2)17(20)19-13-10-8-12(18)9-11-13/h4-11,14H,3H2,1-2H3,(H,19,20)/t14-/m1/s1. The van der Waals surface area contributed by atoms with Crippen LogP contribution >= 0.6 is 0 Å². The maximum atomic E-state index is 12.9. The van der Waals surface area contributed by atoms with Gasteiger partial charge in [0.2, 0.25) is 0 Å². The fourth-order valence-corrected chi connectivity index (χ4v) is 1.95. The summed E-state index contributed by atoms with van der Waals surface area (Å²) in [6.07, 6.45) is -0.174. The molecule has 2 aromatic carbocycles. The highest BCUT2D eigenvalue weighted by molar-refractivity contribution is 5.94. The summed E-state index contributed by atoms with van der Waals surface area (Å²) in [7, 11) is 1.54. The molecule has 0 unspecified atom stereocenters. The van der Waals surface area contributed by atoms with Gasteiger partial charge in [-0.05, 0) is 42.8 Å². The monoisotopic (exact) mass is 303 g/mol. The number of amides is 1. The summed E-state index contributed by atoms with van der Waals surface area (Å²) in [5.41, 5.74) is 0.522. The highest BCUT2D eigenvalue weighted by Crippen LogP contribution is 2.27. The predicted molar refractivity (Wildman–Crippen MR) is 82.7 cm³/mol. The van der Waals surface area contributed by atoms with Crippen LogP contribution in [-0.2, 0) is 4.79 Å². The Morgan fingerprint density at radius 1 is 1.14 bits per heavy atom. The fraction of sp³-hybridized carbons (Fsp3) is 0.235. The van der Waals surface area contributed by atoms with Crippen LogP contribution in [0.15, 0.2) is 48.5 Å². The molecular formula is C17H18FNO3. The van der Waals surface area contributed by atoms with Gasteiger partial charge in [0, 0.05) is 5.69 Å². The van der Waals surface area contributed by atoms with Gasteiger partial charge < -0.3 is 14.8 Å². The summed E-state index contributed by atoms with van der Waals surface area (Å²) >= 11 is 0. The maximum Gasteiger partial charge on any atom is 0.265 e. The highest BCUT2D eigenvalue weighted by Gasteiger charge is 2.20. The van der Waals surface area contributed by atoms with Gasteiger partial charge in [0.15, 0.2) is 17.6 Å². The number of hydrogen-bond donors (Lipinski definition) is 1. The van der Waals surface area contributed by atoms with Gasteiger partial charge in [0.25, 0.3) is 5.91 Å². The minimum Gasteiger partial charge on any atom is -0.493 e. The van der Waals surface area contributed by atoms with E-state index in [0.717, 1.165) is 0 Å². The molecule has 0 bridgehead atoms. The Kier molecular flexibility index (Phi) is 5.36. The van der Waals surface area contributed by atoms with E-state index >= 15 is 0 Å².